The SMILES string of the molecule is [U].[U].[U].[U].[U].[U].[U].[U].[U].[U].[U].[U].[U].[U].[U].[U].[U].[U].[U].[U].[U].[U].[U].[U].[U].[U].[U].[U].[U].[U].[U].[U].[U].[U].[U].[U].[U].[U].[U].[U].[U].[U].[U].[U].[U].[U].[U].[U].[U].[U].[U].[U].[U].[U].[U].[U].[U].[U].[U].[U].[U].[U].[U].[U].[U].[U].[U].[U].[U].[U].[U].[U].[U].[U].[U].[U].[U].[U].[U].[U].[U].[U].[U].[U].[U].[U].[U].[U].[U].[U].[U].[U].[U].[U].[U].[U].[U].[U].[U].[U].[U].[Y]. The molecule has 0 amide bonds. The van der Waals surface area contributed by atoms with Crippen LogP contribution in [0.3, 0.4) is 0 Å². The Morgan fingerprint density at radius 3 is 0.0196 bits per heavy atom. The molecule has 0 aromatic rings. The van der Waals surface area contributed by atoms with Gasteiger partial charge in [0.25, 0.3) is 0 Å². The van der Waals surface area contributed by atoms with Gasteiger partial charge in [-0.1, -0.05) is 0 Å². The molecule has 0 aromatic heterocycles. The second-order valence-corrected chi connectivity index (χ2v) is 0. The summed E-state index contributed by atoms with van der Waals surface area (Å²) >= 11 is 0. The topological polar surface area (TPSA) is 0 Å². The van der Waals surface area contributed by atoms with Crippen molar-refractivity contribution in [3.63, 3.8) is 0 Å². The van der Waals surface area contributed by atoms with Gasteiger partial charge in [-0.25, -0.2) is 0 Å². The summed E-state index contributed by atoms with van der Waals surface area (Å²) in [6.45, 7) is 0. The van der Waals surface area contributed by atoms with Gasteiger partial charge in [0.05, 0.1) is 0 Å². The molecule has 0 saturated heterocycles. The average Bonchev–Trinajstić information content (AvgIpc) is 0. The van der Waals surface area contributed by atoms with E-state index in [1.165, 1.54) is 0 Å². The van der Waals surface area contributed by atoms with Crippen molar-refractivity contribution in [2.75, 3.05) is 0 Å². The van der Waals surface area contributed by atoms with Crippen LogP contribution in [0.1, 0.15) is 0 Å². The molecule has 102 heavy (non-hydrogen) atoms. The first kappa shape index (κ1) is 789. The Labute approximate surface area is 3050 Å². The molecule has 0 rings (SSSR count). The summed E-state index contributed by atoms with van der Waals surface area (Å²) in [5.41, 5.74) is 0. The van der Waals surface area contributed by atoms with Crippen molar-refractivity contribution < 1.29 is 3180 Å². The van der Waals surface area contributed by atoms with Crippen LogP contribution in [0.4, 0.5) is 0 Å². The molecule has 0 aliphatic heterocycles. The van der Waals surface area contributed by atoms with Crippen LogP contribution in [0, 0.1) is 3140 Å². The predicted molar refractivity (Wildman–Crippen MR) is 0 cm³/mol. The van der Waals surface area contributed by atoms with E-state index in [-0.39, 0.29) is 3180 Å². The Kier molecular flexibility index (Phi) is 6010. The Balaban J connectivity index is 0. The van der Waals surface area contributed by atoms with E-state index in [1.54, 1.807) is 0 Å². The van der Waals surface area contributed by atoms with Gasteiger partial charge in [0, 0.05) is 3180 Å². The van der Waals surface area contributed by atoms with Crippen LogP contribution in [0.5, 0.6) is 0 Å². The molecule has 0 fully saturated rings. The van der Waals surface area contributed by atoms with Crippen molar-refractivity contribution in [3.05, 3.63) is 0 Å². The zero-order valence-corrected chi connectivity index (χ0v) is 474. The molecule has 0 spiro atoms. The fourth-order valence-corrected chi connectivity index (χ4v) is 0. The molecule has 0 nitrogen and oxygen atoms in total. The summed E-state index contributed by atoms with van der Waals surface area (Å²) < 4.78 is 0. The van der Waals surface area contributed by atoms with E-state index in [9.17, 15) is 0 Å². The molecule has 407 valence electrons. The van der Waals surface area contributed by atoms with Gasteiger partial charge in [0.15, 0.2) is 0 Å². The molecule has 0 N–H and O–H groups in total. The smallest absolute Gasteiger partial charge is 0 e. The average molecular weight is 24100 g/mol. The van der Waals surface area contributed by atoms with Crippen LogP contribution in [0.15, 0.2) is 0 Å². The van der Waals surface area contributed by atoms with Crippen LogP contribution in [-0.4, -0.2) is 0 Å². The van der Waals surface area contributed by atoms with Gasteiger partial charge in [-0.3, -0.25) is 0 Å². The molecule has 0 unspecified atom stereocenters. The quantitative estimate of drug-likeness (QED) is 0.321. The van der Waals surface area contributed by atoms with Gasteiger partial charge < -0.3 is 0 Å². The molecule has 0 aliphatic rings. The number of hydrogen-bond donors (Lipinski definition) is 0. The first-order valence-electron chi connectivity index (χ1n) is 0. The van der Waals surface area contributed by atoms with Gasteiger partial charge in [0.2, 0.25) is 0 Å². The van der Waals surface area contributed by atoms with Crippen molar-refractivity contribution in [2.24, 2.45) is 0 Å². The third kappa shape index (κ3) is 766. The van der Waals surface area contributed by atoms with Gasteiger partial charge in [-0.2, -0.15) is 0 Å². The van der Waals surface area contributed by atoms with Crippen molar-refractivity contribution in [2.45, 2.75) is 0 Å². The zero-order valence-electron chi connectivity index (χ0n) is 51.1. The third-order valence-corrected chi connectivity index (χ3v) is 0. The van der Waals surface area contributed by atoms with E-state index in [0.717, 1.165) is 0 Å². The maximum Gasteiger partial charge on any atom is 0 e. The molecule has 0 bridgehead atoms. The molecular weight excluding hydrogens is 24100 g/mol. The molecule has 0 heterocycles. The van der Waals surface area contributed by atoms with Crippen LogP contribution < -0.4 is 0 Å². The van der Waals surface area contributed by atoms with E-state index in [2.05, 4.69) is 0 Å². The van der Waals surface area contributed by atoms with Crippen LogP contribution >= 0.6 is 0 Å². The molecule has 0 saturated carbocycles. The molecule has 0 aromatic carbocycles. The van der Waals surface area contributed by atoms with Crippen LogP contribution in [0.25, 0.3) is 0 Å². The summed E-state index contributed by atoms with van der Waals surface area (Å²) in [4.78, 5) is 0. The number of rotatable bonds is 0. The normalized spacial score (nSPS) is 0. The van der Waals surface area contributed by atoms with E-state index >= 15 is 0 Å². The fraction of sp³-hybridized carbons (Fsp3) is 0. The van der Waals surface area contributed by atoms with Crippen LogP contribution in [0.2, 0.25) is 0 Å². The molecule has 1 radical (unpaired) electrons. The van der Waals surface area contributed by atoms with Gasteiger partial charge in [-0.15, -0.1) is 0 Å². The summed E-state index contributed by atoms with van der Waals surface area (Å²) in [6.07, 6.45) is 0. The van der Waals surface area contributed by atoms with E-state index in [4.69, 9.17) is 0 Å². The molecule has 0 atom stereocenters. The Bertz CT molecular complexity index is 8.11. The first-order chi connectivity index (χ1) is 0. The minimum atomic E-state index is 0. The second-order valence-electron chi connectivity index (χ2n) is 0. The molecule has 102 heteroatoms. The molecule has 0 aliphatic carbocycles. The minimum absolute atomic E-state index is 0. The van der Waals surface area contributed by atoms with Crippen molar-refractivity contribution >= 4 is 0 Å². The van der Waals surface area contributed by atoms with E-state index < -0.39 is 0 Å². The standard InChI is InChI=1S/101U.Y. The third-order valence-electron chi connectivity index (χ3n) is 0. The Morgan fingerprint density at radius 2 is 0.0196 bits per heavy atom. The molecular formula is U101Y. The maximum atomic E-state index is 0. The largest absolute Gasteiger partial charge is 0 e. The minimum Gasteiger partial charge on any atom is 0 e. The van der Waals surface area contributed by atoms with Gasteiger partial charge in [0.1, 0.15) is 0 Å². The van der Waals surface area contributed by atoms with Crippen LogP contribution in [-0.2, 0) is 32.7 Å². The Hall–Kier alpha value is 107. The van der Waals surface area contributed by atoms with E-state index in [0.29, 0.717) is 0 Å². The number of hydrogen-bond acceptors (Lipinski definition) is 0. The van der Waals surface area contributed by atoms with Crippen molar-refractivity contribution in [1.82, 2.24) is 0 Å². The Morgan fingerprint density at radius 1 is 0.0196 bits per heavy atom. The van der Waals surface area contributed by atoms with Crippen molar-refractivity contribution in [1.29, 1.82) is 0 Å². The summed E-state index contributed by atoms with van der Waals surface area (Å²) in [5.74, 6) is 0. The van der Waals surface area contributed by atoms with Crippen molar-refractivity contribution in [3.8, 4) is 0 Å². The second kappa shape index (κ2) is 777. The summed E-state index contributed by atoms with van der Waals surface area (Å²) in [5, 5.41) is 0. The zero-order chi connectivity index (χ0) is 0. The van der Waals surface area contributed by atoms with E-state index in [1.807, 2.05) is 0 Å². The predicted octanol–water partition coefficient (Wildman–Crippen LogP) is -0.00250. The summed E-state index contributed by atoms with van der Waals surface area (Å²) in [7, 11) is 0. The monoisotopic (exact) mass is 24100 g/mol. The first-order valence-corrected chi connectivity index (χ1v) is 0. The fourth-order valence-electron chi connectivity index (χ4n) is 0. The van der Waals surface area contributed by atoms with Gasteiger partial charge in [-0.05, 0) is 0 Å². The maximum absolute atomic E-state index is 0. The summed E-state index contributed by atoms with van der Waals surface area (Å²) in [6, 6.07) is 0. The van der Waals surface area contributed by atoms with Gasteiger partial charge >= 0.3 is 0 Å².